The van der Waals surface area contributed by atoms with E-state index in [0.717, 1.165) is 17.5 Å². The molecule has 1 aromatic carbocycles. The summed E-state index contributed by atoms with van der Waals surface area (Å²) < 4.78 is 27.4. The molecule has 2 heterocycles. The summed E-state index contributed by atoms with van der Waals surface area (Å²) in [6.45, 7) is 4.32. The van der Waals surface area contributed by atoms with Crippen molar-refractivity contribution in [2.24, 2.45) is 0 Å². The Bertz CT molecular complexity index is 760. The highest BCUT2D eigenvalue weighted by atomic mass is 32.2. The van der Waals surface area contributed by atoms with Gasteiger partial charge in [-0.3, -0.25) is 0 Å². The van der Waals surface area contributed by atoms with Gasteiger partial charge in [0, 0.05) is 23.2 Å². The van der Waals surface area contributed by atoms with Gasteiger partial charge in [-0.25, -0.2) is 8.42 Å². The zero-order valence-corrected chi connectivity index (χ0v) is 13.7. The molecular weight excluding hydrogens is 304 g/mol. The topological polar surface area (TPSA) is 63.4 Å². The van der Waals surface area contributed by atoms with Gasteiger partial charge in [0.15, 0.2) is 0 Å². The van der Waals surface area contributed by atoms with E-state index in [0.29, 0.717) is 12.2 Å². The van der Waals surface area contributed by atoms with Gasteiger partial charge in [0.25, 0.3) is 0 Å². The number of nitrogen functional groups attached to an aromatic ring is 1. The van der Waals surface area contributed by atoms with E-state index < -0.39 is 10.0 Å². The van der Waals surface area contributed by atoms with E-state index >= 15 is 0 Å². The molecule has 1 unspecified atom stereocenters. The van der Waals surface area contributed by atoms with Crippen LogP contribution in [0, 0.1) is 6.92 Å². The predicted molar refractivity (Wildman–Crippen MR) is 85.9 cm³/mol. The molecule has 6 heteroatoms. The lowest BCUT2D eigenvalue weighted by atomic mass is 10.0. The van der Waals surface area contributed by atoms with Crippen molar-refractivity contribution in [1.29, 1.82) is 0 Å². The highest BCUT2D eigenvalue weighted by Gasteiger charge is 2.34. The van der Waals surface area contributed by atoms with Gasteiger partial charge in [-0.05, 0) is 61.0 Å². The second-order valence-electron chi connectivity index (χ2n) is 5.42. The maximum atomic E-state index is 12.9. The first-order valence-electron chi connectivity index (χ1n) is 6.85. The van der Waals surface area contributed by atoms with Crippen LogP contribution >= 0.6 is 11.3 Å². The summed E-state index contributed by atoms with van der Waals surface area (Å²) >= 11 is 1.70. The monoisotopic (exact) mass is 322 g/mol. The molecule has 0 bridgehead atoms. The van der Waals surface area contributed by atoms with E-state index in [-0.39, 0.29) is 10.9 Å². The summed E-state index contributed by atoms with van der Waals surface area (Å²) in [5.41, 5.74) is 8.26. The first-order chi connectivity index (χ1) is 9.89. The summed E-state index contributed by atoms with van der Waals surface area (Å²) in [6.07, 6.45) is 0.776. The highest BCUT2D eigenvalue weighted by molar-refractivity contribution is 7.89. The van der Waals surface area contributed by atoms with Gasteiger partial charge in [-0.15, -0.1) is 11.3 Å². The second-order valence-corrected chi connectivity index (χ2v) is 8.31. The molecule has 3 rings (SSSR count). The van der Waals surface area contributed by atoms with Crippen LogP contribution in [0.2, 0.25) is 0 Å². The Balaban J connectivity index is 2.03. The number of hydrogen-bond acceptors (Lipinski definition) is 4. The standard InChI is InChI=1S/C15H18N2O2S2/c1-10-7-12(16)9-13(8-10)21(18,19)17-5-3-15-14(11(17)2)4-6-20-15/h4,6-9,11H,3,5,16H2,1-2H3. The van der Waals surface area contributed by atoms with Crippen molar-refractivity contribution < 1.29 is 8.42 Å². The Morgan fingerprint density at radius 2 is 2.10 bits per heavy atom. The molecule has 1 aromatic heterocycles. The number of hydrogen-bond donors (Lipinski definition) is 1. The smallest absolute Gasteiger partial charge is 0.243 e. The number of aryl methyl sites for hydroxylation is 1. The fraction of sp³-hybridized carbons (Fsp3) is 0.333. The van der Waals surface area contributed by atoms with E-state index in [4.69, 9.17) is 5.73 Å². The van der Waals surface area contributed by atoms with E-state index in [9.17, 15) is 8.42 Å². The van der Waals surface area contributed by atoms with Crippen LogP contribution in [0.25, 0.3) is 0 Å². The van der Waals surface area contributed by atoms with Crippen molar-refractivity contribution >= 4 is 27.0 Å². The molecule has 2 aromatic rings. The lowest BCUT2D eigenvalue weighted by Crippen LogP contribution is -2.38. The van der Waals surface area contributed by atoms with Gasteiger partial charge in [0.1, 0.15) is 0 Å². The first kappa shape index (κ1) is 14.6. The van der Waals surface area contributed by atoms with Crippen LogP contribution < -0.4 is 5.73 Å². The second kappa shape index (κ2) is 5.12. The fourth-order valence-corrected chi connectivity index (χ4v) is 5.59. The van der Waals surface area contributed by atoms with Crippen LogP contribution in [0.1, 0.15) is 29.0 Å². The number of anilines is 1. The van der Waals surface area contributed by atoms with Crippen LogP contribution in [0.15, 0.2) is 34.5 Å². The first-order valence-corrected chi connectivity index (χ1v) is 9.17. The number of benzene rings is 1. The molecule has 2 N–H and O–H groups in total. The third-order valence-electron chi connectivity index (χ3n) is 3.90. The number of nitrogens with two attached hydrogens (primary N) is 1. The zero-order chi connectivity index (χ0) is 15.2. The number of sulfonamides is 1. The van der Waals surface area contributed by atoms with Gasteiger partial charge in [-0.2, -0.15) is 4.31 Å². The minimum atomic E-state index is -3.52. The van der Waals surface area contributed by atoms with E-state index in [1.165, 1.54) is 10.9 Å². The van der Waals surface area contributed by atoms with Crippen molar-refractivity contribution in [1.82, 2.24) is 4.31 Å². The Morgan fingerprint density at radius 1 is 1.33 bits per heavy atom. The van der Waals surface area contributed by atoms with Crippen molar-refractivity contribution in [2.75, 3.05) is 12.3 Å². The molecule has 0 amide bonds. The largest absolute Gasteiger partial charge is 0.399 e. The molecule has 112 valence electrons. The number of thiophene rings is 1. The van der Waals surface area contributed by atoms with E-state index in [1.54, 1.807) is 27.8 Å². The summed E-state index contributed by atoms with van der Waals surface area (Å²) in [4.78, 5) is 1.57. The van der Waals surface area contributed by atoms with Crippen molar-refractivity contribution in [2.45, 2.75) is 31.2 Å². The maximum absolute atomic E-state index is 12.9. The quantitative estimate of drug-likeness (QED) is 0.865. The van der Waals surface area contributed by atoms with Crippen LogP contribution in [0.3, 0.4) is 0 Å². The zero-order valence-electron chi connectivity index (χ0n) is 12.0. The molecule has 1 atom stereocenters. The average Bonchev–Trinajstić information content (AvgIpc) is 2.87. The van der Waals surface area contributed by atoms with Gasteiger partial charge in [0.05, 0.1) is 4.90 Å². The Kier molecular flexibility index (Phi) is 3.55. The normalized spacial score (nSPS) is 19.4. The van der Waals surface area contributed by atoms with Crippen LogP contribution in [-0.2, 0) is 16.4 Å². The molecule has 1 aliphatic heterocycles. The van der Waals surface area contributed by atoms with E-state index in [2.05, 4.69) is 0 Å². The molecule has 0 spiro atoms. The number of nitrogens with zero attached hydrogens (tertiary/aromatic N) is 1. The molecule has 1 aliphatic rings. The van der Waals surface area contributed by atoms with Gasteiger partial charge >= 0.3 is 0 Å². The average molecular weight is 322 g/mol. The number of fused-ring (bicyclic) bond motifs is 1. The third kappa shape index (κ3) is 2.47. The lowest BCUT2D eigenvalue weighted by molar-refractivity contribution is 0.329. The summed E-state index contributed by atoms with van der Waals surface area (Å²) in [6, 6.07) is 6.89. The molecule has 0 saturated carbocycles. The molecule has 0 fully saturated rings. The van der Waals surface area contributed by atoms with Crippen LogP contribution in [0.5, 0.6) is 0 Å². The van der Waals surface area contributed by atoms with Gasteiger partial charge in [0.2, 0.25) is 10.0 Å². The van der Waals surface area contributed by atoms with Crippen molar-refractivity contribution in [3.63, 3.8) is 0 Å². The Hall–Kier alpha value is -1.37. The maximum Gasteiger partial charge on any atom is 0.243 e. The molecule has 21 heavy (non-hydrogen) atoms. The molecule has 0 aliphatic carbocycles. The van der Waals surface area contributed by atoms with Crippen molar-refractivity contribution in [3.05, 3.63) is 45.6 Å². The van der Waals surface area contributed by atoms with Crippen LogP contribution in [-0.4, -0.2) is 19.3 Å². The fourth-order valence-electron chi connectivity index (χ4n) is 2.88. The highest BCUT2D eigenvalue weighted by Crippen LogP contribution is 2.36. The molecule has 4 nitrogen and oxygen atoms in total. The minimum Gasteiger partial charge on any atom is -0.399 e. The van der Waals surface area contributed by atoms with Crippen LogP contribution in [0.4, 0.5) is 5.69 Å². The van der Waals surface area contributed by atoms with Crippen molar-refractivity contribution in [3.8, 4) is 0 Å². The summed E-state index contributed by atoms with van der Waals surface area (Å²) in [5, 5.41) is 2.03. The Morgan fingerprint density at radius 3 is 2.81 bits per heavy atom. The lowest BCUT2D eigenvalue weighted by Gasteiger charge is -2.32. The van der Waals surface area contributed by atoms with E-state index in [1.807, 2.05) is 25.3 Å². The molecular formula is C15H18N2O2S2. The Labute approximate surface area is 129 Å². The molecule has 0 saturated heterocycles. The predicted octanol–water partition coefficient (Wildman–Crippen LogP) is 2.95. The van der Waals surface area contributed by atoms with Gasteiger partial charge < -0.3 is 5.73 Å². The molecule has 0 radical (unpaired) electrons. The minimum absolute atomic E-state index is 0.133. The summed E-state index contributed by atoms with van der Waals surface area (Å²) in [5.74, 6) is 0. The van der Waals surface area contributed by atoms with Gasteiger partial charge in [-0.1, -0.05) is 0 Å². The third-order valence-corrected chi connectivity index (χ3v) is 6.85. The summed E-state index contributed by atoms with van der Waals surface area (Å²) in [7, 11) is -3.52. The SMILES string of the molecule is Cc1cc(N)cc(S(=O)(=O)N2CCc3sccc3C2C)c1. The number of rotatable bonds is 2.